The van der Waals surface area contributed by atoms with Crippen molar-refractivity contribution in [2.75, 3.05) is 13.1 Å². The van der Waals surface area contributed by atoms with Gasteiger partial charge in [-0.3, -0.25) is 4.79 Å². The zero-order valence-electron chi connectivity index (χ0n) is 11.4. The van der Waals surface area contributed by atoms with Crippen molar-refractivity contribution >= 4 is 15.9 Å². The molecule has 0 unspecified atom stereocenters. The van der Waals surface area contributed by atoms with Crippen molar-refractivity contribution in [3.05, 3.63) is 47.9 Å². The van der Waals surface area contributed by atoms with Crippen LogP contribution in [0.4, 0.5) is 0 Å². The van der Waals surface area contributed by atoms with Crippen molar-refractivity contribution in [2.24, 2.45) is 0 Å². The summed E-state index contributed by atoms with van der Waals surface area (Å²) in [6, 6.07) is 7.94. The number of sulfonamides is 1. The molecule has 0 saturated carbocycles. The summed E-state index contributed by atoms with van der Waals surface area (Å²) in [5.41, 5.74) is 1.13. The maximum absolute atomic E-state index is 12.0. The zero-order chi connectivity index (χ0) is 15.3. The van der Waals surface area contributed by atoms with Crippen LogP contribution in [0.5, 0.6) is 0 Å². The van der Waals surface area contributed by atoms with E-state index in [0.29, 0.717) is 0 Å². The molecule has 1 heterocycles. The quantitative estimate of drug-likeness (QED) is 0.765. The maximum Gasteiger partial charge on any atom is 0.273 e. The minimum absolute atomic E-state index is 0.0831. The molecule has 0 spiro atoms. The van der Waals surface area contributed by atoms with Crippen LogP contribution >= 0.6 is 0 Å². The molecule has 8 heteroatoms. The van der Waals surface area contributed by atoms with Crippen LogP contribution in [-0.2, 0) is 10.0 Å². The van der Waals surface area contributed by atoms with Crippen molar-refractivity contribution in [3.63, 3.8) is 0 Å². The summed E-state index contributed by atoms with van der Waals surface area (Å²) in [6.07, 6.45) is 1.29. The summed E-state index contributed by atoms with van der Waals surface area (Å²) in [5, 5.41) is 6.00. The summed E-state index contributed by atoms with van der Waals surface area (Å²) in [7, 11) is -3.56. The molecule has 2 rings (SSSR count). The van der Waals surface area contributed by atoms with E-state index in [4.69, 9.17) is 0 Å². The number of nitrogens with one attached hydrogen (secondary N) is 2. The number of aromatic nitrogens is 1. The van der Waals surface area contributed by atoms with Crippen molar-refractivity contribution in [2.45, 2.75) is 11.8 Å². The molecule has 7 nitrogen and oxygen atoms in total. The first-order chi connectivity index (χ1) is 9.99. The molecule has 0 fully saturated rings. The smallest absolute Gasteiger partial charge is 0.273 e. The van der Waals surface area contributed by atoms with Gasteiger partial charge in [0, 0.05) is 19.2 Å². The highest BCUT2D eigenvalue weighted by Crippen LogP contribution is 2.09. The van der Waals surface area contributed by atoms with Crippen molar-refractivity contribution in [1.82, 2.24) is 15.2 Å². The summed E-state index contributed by atoms with van der Waals surface area (Å²) < 4.78 is 30.9. The van der Waals surface area contributed by atoms with Gasteiger partial charge in [0.2, 0.25) is 10.0 Å². The molecule has 0 bridgehead atoms. The summed E-state index contributed by atoms with van der Waals surface area (Å²) in [4.78, 5) is 11.7. The van der Waals surface area contributed by atoms with Crippen LogP contribution < -0.4 is 10.0 Å². The molecule has 2 aromatic rings. The average Bonchev–Trinajstić information content (AvgIpc) is 2.98. The van der Waals surface area contributed by atoms with E-state index in [9.17, 15) is 13.2 Å². The van der Waals surface area contributed by atoms with Crippen LogP contribution in [0, 0.1) is 6.92 Å². The molecule has 1 aromatic heterocycles. The number of aryl methyl sites for hydroxylation is 1. The molecule has 0 atom stereocenters. The molecule has 1 aromatic carbocycles. The molecule has 112 valence electrons. The summed E-state index contributed by atoms with van der Waals surface area (Å²) in [6.45, 7) is 2.11. The summed E-state index contributed by atoms with van der Waals surface area (Å²) >= 11 is 0. The monoisotopic (exact) mass is 309 g/mol. The van der Waals surface area contributed by atoms with Gasteiger partial charge in [-0.25, -0.2) is 13.1 Å². The van der Waals surface area contributed by atoms with E-state index in [1.54, 1.807) is 12.1 Å². The van der Waals surface area contributed by atoms with Crippen LogP contribution in [0.25, 0.3) is 0 Å². The number of hydrogen-bond donors (Lipinski definition) is 2. The minimum Gasteiger partial charge on any atom is -0.364 e. The van der Waals surface area contributed by atoms with Gasteiger partial charge in [0.1, 0.15) is 6.26 Å². The van der Waals surface area contributed by atoms with E-state index >= 15 is 0 Å². The third-order valence-electron chi connectivity index (χ3n) is 2.70. The second-order valence-corrected chi connectivity index (χ2v) is 6.12. The van der Waals surface area contributed by atoms with E-state index in [1.165, 1.54) is 24.5 Å². The SMILES string of the molecule is Cc1ccc(S(=O)(=O)NCCNC(=O)c2ccon2)cc1. The number of carbonyl (C=O) groups excluding carboxylic acids is 1. The first-order valence-corrected chi connectivity index (χ1v) is 7.72. The van der Waals surface area contributed by atoms with Gasteiger partial charge in [-0.1, -0.05) is 22.9 Å². The highest BCUT2D eigenvalue weighted by molar-refractivity contribution is 7.89. The van der Waals surface area contributed by atoms with Crippen molar-refractivity contribution < 1.29 is 17.7 Å². The first-order valence-electron chi connectivity index (χ1n) is 6.24. The standard InChI is InChI=1S/C13H15N3O4S/c1-10-2-4-11(5-3-10)21(18,19)15-8-7-14-13(17)12-6-9-20-16-12/h2-6,9,15H,7-8H2,1H3,(H,14,17). The third kappa shape index (κ3) is 4.14. The maximum atomic E-state index is 12.0. The summed E-state index contributed by atoms with van der Waals surface area (Å²) in [5.74, 6) is -0.418. The topological polar surface area (TPSA) is 101 Å². The van der Waals surface area contributed by atoms with Gasteiger partial charge in [0.25, 0.3) is 5.91 Å². The van der Waals surface area contributed by atoms with Gasteiger partial charge >= 0.3 is 0 Å². The fourth-order valence-corrected chi connectivity index (χ4v) is 2.61. The van der Waals surface area contributed by atoms with Crippen LogP contribution in [0.2, 0.25) is 0 Å². The van der Waals surface area contributed by atoms with Crippen molar-refractivity contribution in [1.29, 1.82) is 0 Å². The lowest BCUT2D eigenvalue weighted by atomic mass is 10.2. The second kappa shape index (κ2) is 6.51. The Hall–Kier alpha value is -2.19. The molecule has 21 heavy (non-hydrogen) atoms. The zero-order valence-corrected chi connectivity index (χ0v) is 12.2. The molecule has 2 N–H and O–H groups in total. The normalized spacial score (nSPS) is 11.3. The first kappa shape index (κ1) is 15.2. The molecular weight excluding hydrogens is 294 g/mol. The lowest BCUT2D eigenvalue weighted by Crippen LogP contribution is -2.34. The molecule has 0 saturated heterocycles. The van der Waals surface area contributed by atoms with Gasteiger partial charge in [0.15, 0.2) is 5.69 Å². The van der Waals surface area contributed by atoms with Gasteiger partial charge in [0.05, 0.1) is 4.90 Å². The van der Waals surface area contributed by atoms with E-state index in [1.807, 2.05) is 6.92 Å². The highest BCUT2D eigenvalue weighted by Gasteiger charge is 2.13. The van der Waals surface area contributed by atoms with Gasteiger partial charge in [-0.15, -0.1) is 0 Å². The van der Waals surface area contributed by atoms with Crippen LogP contribution in [0.3, 0.4) is 0 Å². The predicted molar refractivity (Wildman–Crippen MR) is 75.2 cm³/mol. The lowest BCUT2D eigenvalue weighted by Gasteiger charge is -2.07. The number of amides is 1. The Morgan fingerprint density at radius 1 is 1.19 bits per heavy atom. The number of carbonyl (C=O) groups is 1. The van der Waals surface area contributed by atoms with Gasteiger partial charge in [-0.2, -0.15) is 0 Å². The van der Waals surface area contributed by atoms with E-state index < -0.39 is 15.9 Å². The van der Waals surface area contributed by atoms with Crippen LogP contribution in [0.1, 0.15) is 16.1 Å². The Morgan fingerprint density at radius 3 is 2.52 bits per heavy atom. The largest absolute Gasteiger partial charge is 0.364 e. The predicted octanol–water partition coefficient (Wildman–Crippen LogP) is 0.691. The Morgan fingerprint density at radius 2 is 1.90 bits per heavy atom. The number of hydrogen-bond acceptors (Lipinski definition) is 5. The molecule has 0 aliphatic rings. The van der Waals surface area contributed by atoms with Crippen LogP contribution in [-0.4, -0.2) is 32.6 Å². The molecule has 0 radical (unpaired) electrons. The Bertz CT molecular complexity index is 694. The Kier molecular flexibility index (Phi) is 4.71. The van der Waals surface area contributed by atoms with E-state index in [2.05, 4.69) is 19.7 Å². The lowest BCUT2D eigenvalue weighted by molar-refractivity contribution is 0.0945. The number of nitrogens with zero attached hydrogens (tertiary/aromatic N) is 1. The second-order valence-electron chi connectivity index (χ2n) is 4.35. The molecule has 1 amide bonds. The molecule has 0 aliphatic heterocycles. The minimum atomic E-state index is -3.56. The Labute approximate surface area is 122 Å². The fourth-order valence-electron chi connectivity index (χ4n) is 1.58. The van der Waals surface area contributed by atoms with Crippen molar-refractivity contribution in [3.8, 4) is 0 Å². The third-order valence-corrected chi connectivity index (χ3v) is 4.18. The highest BCUT2D eigenvalue weighted by atomic mass is 32.2. The van der Waals surface area contributed by atoms with E-state index in [0.717, 1.165) is 5.56 Å². The molecule has 0 aliphatic carbocycles. The molecular formula is C13H15N3O4S. The average molecular weight is 309 g/mol. The van der Waals surface area contributed by atoms with E-state index in [-0.39, 0.29) is 23.7 Å². The fraction of sp³-hybridized carbons (Fsp3) is 0.231. The Balaban J connectivity index is 1.82. The van der Waals surface area contributed by atoms with Crippen LogP contribution in [0.15, 0.2) is 46.0 Å². The number of rotatable bonds is 6. The van der Waals surface area contributed by atoms with Gasteiger partial charge < -0.3 is 9.84 Å². The number of benzene rings is 1. The van der Waals surface area contributed by atoms with Gasteiger partial charge in [-0.05, 0) is 19.1 Å².